The Morgan fingerprint density at radius 1 is 1.00 bits per heavy atom. The van der Waals surface area contributed by atoms with Crippen molar-refractivity contribution in [2.24, 2.45) is 0 Å². The topological polar surface area (TPSA) is 57.5 Å². The third-order valence-corrected chi connectivity index (χ3v) is 2.83. The summed E-state index contributed by atoms with van der Waals surface area (Å²) in [5.74, 6) is -3.35. The minimum Gasteiger partial charge on any atom is -0.507 e. The van der Waals surface area contributed by atoms with Gasteiger partial charge in [-0.3, -0.25) is 0 Å². The number of aromatic hydroxyl groups is 1. The summed E-state index contributed by atoms with van der Waals surface area (Å²) in [6.45, 7) is 0. The molecule has 3 nitrogen and oxygen atoms in total. The molecule has 0 atom stereocenters. The van der Waals surface area contributed by atoms with E-state index in [0.717, 1.165) is 18.2 Å². The Bertz CT molecular complexity index is 708. The smallest absolute Gasteiger partial charge is 0.419 e. The van der Waals surface area contributed by atoms with Crippen molar-refractivity contribution in [3.8, 4) is 16.9 Å². The number of carbonyl (C=O) groups is 1. The molecule has 0 saturated carbocycles. The Labute approximate surface area is 116 Å². The molecule has 0 amide bonds. The van der Waals surface area contributed by atoms with E-state index in [-0.39, 0.29) is 11.1 Å². The average molecular weight is 300 g/mol. The van der Waals surface area contributed by atoms with E-state index >= 15 is 0 Å². The van der Waals surface area contributed by atoms with Gasteiger partial charge in [0.1, 0.15) is 17.1 Å². The standard InChI is InChI=1S/C14H8F4O3/c15-11-3-1-8(6-10(11)14(16,17)18)7-2-4-12(19)9(5-7)13(20)21/h1-6,19H,(H,20,21). The summed E-state index contributed by atoms with van der Waals surface area (Å²) in [6, 6.07) is 5.66. The van der Waals surface area contributed by atoms with E-state index in [1.807, 2.05) is 0 Å². The van der Waals surface area contributed by atoms with Crippen molar-refractivity contribution in [2.75, 3.05) is 0 Å². The van der Waals surface area contributed by atoms with Crippen molar-refractivity contribution in [3.63, 3.8) is 0 Å². The molecule has 2 aromatic rings. The van der Waals surface area contributed by atoms with Gasteiger partial charge >= 0.3 is 12.1 Å². The fourth-order valence-corrected chi connectivity index (χ4v) is 1.81. The van der Waals surface area contributed by atoms with Crippen LogP contribution in [0.3, 0.4) is 0 Å². The van der Waals surface area contributed by atoms with Crippen LogP contribution in [-0.4, -0.2) is 16.2 Å². The molecule has 0 heterocycles. The van der Waals surface area contributed by atoms with Gasteiger partial charge in [0.15, 0.2) is 0 Å². The Hall–Kier alpha value is -2.57. The van der Waals surface area contributed by atoms with Crippen LogP contribution in [0.4, 0.5) is 17.6 Å². The van der Waals surface area contributed by atoms with Crippen LogP contribution in [-0.2, 0) is 6.18 Å². The molecule has 0 radical (unpaired) electrons. The monoisotopic (exact) mass is 300 g/mol. The summed E-state index contributed by atoms with van der Waals surface area (Å²) in [7, 11) is 0. The van der Waals surface area contributed by atoms with E-state index in [2.05, 4.69) is 0 Å². The number of halogens is 4. The average Bonchev–Trinajstić information content (AvgIpc) is 2.38. The van der Waals surface area contributed by atoms with Crippen LogP contribution >= 0.6 is 0 Å². The number of hydrogen-bond donors (Lipinski definition) is 2. The quantitative estimate of drug-likeness (QED) is 0.827. The minimum atomic E-state index is -4.85. The van der Waals surface area contributed by atoms with Gasteiger partial charge in [-0.25, -0.2) is 9.18 Å². The molecule has 0 bridgehead atoms. The van der Waals surface area contributed by atoms with Gasteiger partial charge < -0.3 is 10.2 Å². The molecule has 0 fully saturated rings. The largest absolute Gasteiger partial charge is 0.507 e. The van der Waals surface area contributed by atoms with Gasteiger partial charge in [-0.05, 0) is 35.4 Å². The molecule has 0 aromatic heterocycles. The number of hydrogen-bond acceptors (Lipinski definition) is 2. The van der Waals surface area contributed by atoms with Crippen LogP contribution in [0.25, 0.3) is 11.1 Å². The second-order valence-corrected chi connectivity index (χ2v) is 4.23. The second-order valence-electron chi connectivity index (χ2n) is 4.23. The maximum atomic E-state index is 13.2. The Morgan fingerprint density at radius 3 is 2.14 bits per heavy atom. The highest BCUT2D eigenvalue weighted by molar-refractivity contribution is 5.92. The highest BCUT2D eigenvalue weighted by Crippen LogP contribution is 2.35. The van der Waals surface area contributed by atoms with Crippen molar-refractivity contribution >= 4 is 5.97 Å². The zero-order valence-electron chi connectivity index (χ0n) is 10.3. The summed E-state index contributed by atoms with van der Waals surface area (Å²) in [4.78, 5) is 10.9. The fourth-order valence-electron chi connectivity index (χ4n) is 1.81. The molecule has 0 spiro atoms. The van der Waals surface area contributed by atoms with Crippen molar-refractivity contribution < 1.29 is 32.6 Å². The number of carboxylic acid groups (broad SMARTS) is 1. The highest BCUT2D eigenvalue weighted by Gasteiger charge is 2.34. The number of alkyl halides is 3. The van der Waals surface area contributed by atoms with Crippen molar-refractivity contribution in [2.45, 2.75) is 6.18 Å². The Morgan fingerprint density at radius 2 is 1.57 bits per heavy atom. The van der Waals surface area contributed by atoms with E-state index in [9.17, 15) is 27.5 Å². The van der Waals surface area contributed by atoms with Crippen LogP contribution in [0.1, 0.15) is 15.9 Å². The highest BCUT2D eigenvalue weighted by atomic mass is 19.4. The van der Waals surface area contributed by atoms with E-state index in [4.69, 9.17) is 5.11 Å². The first-order valence-corrected chi connectivity index (χ1v) is 5.63. The van der Waals surface area contributed by atoms with E-state index < -0.39 is 34.8 Å². The van der Waals surface area contributed by atoms with Gasteiger partial charge in [-0.1, -0.05) is 12.1 Å². The predicted molar refractivity (Wildman–Crippen MR) is 65.5 cm³/mol. The maximum Gasteiger partial charge on any atom is 0.419 e. The first-order chi connectivity index (χ1) is 9.70. The van der Waals surface area contributed by atoms with E-state index in [0.29, 0.717) is 12.1 Å². The van der Waals surface area contributed by atoms with Gasteiger partial charge in [0.05, 0.1) is 5.56 Å². The molecular formula is C14H8F4O3. The number of benzene rings is 2. The van der Waals surface area contributed by atoms with Crippen LogP contribution in [0.5, 0.6) is 5.75 Å². The second kappa shape index (κ2) is 5.08. The molecule has 0 aliphatic carbocycles. The molecule has 2 aromatic carbocycles. The third kappa shape index (κ3) is 2.96. The molecule has 0 aliphatic heterocycles. The Balaban J connectivity index is 2.58. The lowest BCUT2D eigenvalue weighted by molar-refractivity contribution is -0.139. The molecule has 0 unspecified atom stereocenters. The van der Waals surface area contributed by atoms with Gasteiger partial charge in [-0.2, -0.15) is 13.2 Å². The summed E-state index contributed by atoms with van der Waals surface area (Å²) >= 11 is 0. The lowest BCUT2D eigenvalue weighted by Crippen LogP contribution is -2.08. The van der Waals surface area contributed by atoms with Crippen LogP contribution in [0.15, 0.2) is 36.4 Å². The maximum absolute atomic E-state index is 13.2. The first-order valence-electron chi connectivity index (χ1n) is 5.63. The van der Waals surface area contributed by atoms with Crippen molar-refractivity contribution in [3.05, 3.63) is 53.3 Å². The number of carboxylic acids is 1. The predicted octanol–water partition coefficient (Wildman–Crippen LogP) is 3.92. The van der Waals surface area contributed by atoms with Gasteiger partial charge in [-0.15, -0.1) is 0 Å². The van der Waals surface area contributed by atoms with Gasteiger partial charge in [0.25, 0.3) is 0 Å². The lowest BCUT2D eigenvalue weighted by atomic mass is 10.00. The van der Waals surface area contributed by atoms with Gasteiger partial charge in [0, 0.05) is 0 Å². The Kier molecular flexibility index (Phi) is 3.59. The third-order valence-electron chi connectivity index (χ3n) is 2.83. The zero-order valence-corrected chi connectivity index (χ0v) is 10.3. The first kappa shape index (κ1) is 14.8. The molecule has 21 heavy (non-hydrogen) atoms. The van der Waals surface area contributed by atoms with Crippen LogP contribution in [0, 0.1) is 5.82 Å². The summed E-state index contributed by atoms with van der Waals surface area (Å²) in [5.41, 5.74) is -1.78. The number of phenols is 1. The van der Waals surface area contributed by atoms with Gasteiger partial charge in [0.2, 0.25) is 0 Å². The van der Waals surface area contributed by atoms with Crippen LogP contribution < -0.4 is 0 Å². The lowest BCUT2D eigenvalue weighted by Gasteiger charge is -2.11. The normalized spacial score (nSPS) is 11.4. The van der Waals surface area contributed by atoms with E-state index in [1.54, 1.807) is 0 Å². The van der Waals surface area contributed by atoms with Crippen LogP contribution in [0.2, 0.25) is 0 Å². The number of aromatic carboxylic acids is 1. The molecule has 0 saturated heterocycles. The molecule has 0 aliphatic rings. The zero-order chi connectivity index (χ0) is 15.8. The summed E-state index contributed by atoms with van der Waals surface area (Å²) < 4.78 is 51.1. The van der Waals surface area contributed by atoms with E-state index in [1.165, 1.54) is 6.07 Å². The SMILES string of the molecule is O=C(O)c1cc(-c2ccc(F)c(C(F)(F)F)c2)ccc1O. The molecule has 2 rings (SSSR count). The minimum absolute atomic E-state index is 0.00812. The summed E-state index contributed by atoms with van der Waals surface area (Å²) in [6.07, 6.45) is -4.85. The molecule has 7 heteroatoms. The number of rotatable bonds is 2. The van der Waals surface area contributed by atoms with Crippen molar-refractivity contribution in [1.82, 2.24) is 0 Å². The molecular weight excluding hydrogens is 292 g/mol. The molecule has 110 valence electrons. The summed E-state index contributed by atoms with van der Waals surface area (Å²) in [5, 5.41) is 18.2. The van der Waals surface area contributed by atoms with Crippen molar-refractivity contribution in [1.29, 1.82) is 0 Å². The molecule has 2 N–H and O–H groups in total. The fraction of sp³-hybridized carbons (Fsp3) is 0.0714.